The van der Waals surface area contributed by atoms with E-state index in [1.807, 2.05) is 9.80 Å². The molecule has 2 aliphatic carbocycles. The highest BCUT2D eigenvalue weighted by Crippen LogP contribution is 2.36. The van der Waals surface area contributed by atoms with Gasteiger partial charge in [0.1, 0.15) is 11.9 Å². The molecule has 0 radical (unpaired) electrons. The monoisotopic (exact) mass is 465 g/mol. The van der Waals surface area contributed by atoms with Crippen LogP contribution in [0.4, 0.5) is 17.6 Å². The van der Waals surface area contributed by atoms with Gasteiger partial charge in [-0.3, -0.25) is 9.89 Å². The van der Waals surface area contributed by atoms with Crippen LogP contribution >= 0.6 is 0 Å². The van der Waals surface area contributed by atoms with Gasteiger partial charge in [-0.05, 0) is 51.4 Å². The van der Waals surface area contributed by atoms with E-state index >= 15 is 0 Å². The van der Waals surface area contributed by atoms with E-state index in [2.05, 4.69) is 21.6 Å². The van der Waals surface area contributed by atoms with E-state index in [0.29, 0.717) is 24.8 Å². The summed E-state index contributed by atoms with van der Waals surface area (Å²) in [6, 6.07) is 1.71. The van der Waals surface area contributed by atoms with Crippen molar-refractivity contribution < 1.29 is 9.90 Å². The van der Waals surface area contributed by atoms with E-state index in [1.54, 1.807) is 0 Å². The normalized spacial score (nSPS) is 25.2. The number of amides is 1. The first kappa shape index (κ1) is 21.8. The number of H-pyrrole nitrogens is 1. The molecule has 3 N–H and O–H groups in total. The lowest BCUT2D eigenvalue weighted by molar-refractivity contribution is -0.133. The van der Waals surface area contributed by atoms with E-state index in [0.717, 1.165) is 68.1 Å². The number of rotatable bonds is 5. The maximum Gasteiger partial charge on any atom is 0.245 e. The van der Waals surface area contributed by atoms with Crippen LogP contribution in [-0.2, 0) is 17.6 Å². The molecule has 2 saturated heterocycles. The number of nitrogens with zero attached hydrogens (tertiary/aromatic N) is 5. The predicted octanol–water partition coefficient (Wildman–Crippen LogP) is 3.04. The van der Waals surface area contributed by atoms with Crippen molar-refractivity contribution in [3.63, 3.8) is 0 Å². The molecule has 0 aromatic carbocycles. The molecule has 2 aromatic heterocycles. The van der Waals surface area contributed by atoms with Crippen molar-refractivity contribution in [1.29, 1.82) is 0 Å². The summed E-state index contributed by atoms with van der Waals surface area (Å²) in [5.74, 6) is 2.78. The zero-order valence-electron chi connectivity index (χ0n) is 19.8. The van der Waals surface area contributed by atoms with E-state index in [4.69, 9.17) is 9.97 Å². The van der Waals surface area contributed by atoms with Gasteiger partial charge in [0, 0.05) is 49.3 Å². The van der Waals surface area contributed by atoms with Crippen LogP contribution in [0.3, 0.4) is 0 Å². The standard InChI is InChI=1S/C25H35N7O2/c33-17-13-21(24(34)31-11-4-1-5-12-31)32(15-17)25-26-19-10-6-9-18(19)23(28-25)27-22-14-20(29-30-22)16-7-2-3-8-16/h14,16-17,21,33H,1-13,15H2,(H2,26,27,28,29,30)/t17-,21-/m1/s1. The van der Waals surface area contributed by atoms with Crippen LogP contribution in [0.25, 0.3) is 0 Å². The van der Waals surface area contributed by atoms with Crippen molar-refractivity contribution in [2.24, 2.45) is 0 Å². The van der Waals surface area contributed by atoms with Crippen molar-refractivity contribution in [1.82, 2.24) is 25.1 Å². The summed E-state index contributed by atoms with van der Waals surface area (Å²) >= 11 is 0. The number of fused-ring (bicyclic) bond motifs is 1. The van der Waals surface area contributed by atoms with Crippen LogP contribution in [0.2, 0.25) is 0 Å². The van der Waals surface area contributed by atoms with E-state index < -0.39 is 12.1 Å². The minimum atomic E-state index is -0.549. The largest absolute Gasteiger partial charge is 0.391 e. The summed E-state index contributed by atoms with van der Waals surface area (Å²) in [6.45, 7) is 2.00. The number of nitrogens with one attached hydrogen (secondary N) is 2. The van der Waals surface area contributed by atoms with Gasteiger partial charge in [0.25, 0.3) is 0 Å². The Balaban J connectivity index is 1.27. The second-order valence-electron chi connectivity index (χ2n) is 10.4. The van der Waals surface area contributed by atoms with E-state index in [1.165, 1.54) is 37.8 Å². The molecule has 1 amide bonds. The third-order valence-corrected chi connectivity index (χ3v) is 8.05. The summed E-state index contributed by atoms with van der Waals surface area (Å²) in [4.78, 5) is 27.0. The topological polar surface area (TPSA) is 110 Å². The first-order valence-electron chi connectivity index (χ1n) is 13.1. The fourth-order valence-electron chi connectivity index (χ4n) is 6.21. The number of aliphatic hydroxyl groups is 1. The van der Waals surface area contributed by atoms with Crippen LogP contribution in [-0.4, -0.2) is 67.9 Å². The Morgan fingerprint density at radius 1 is 1.06 bits per heavy atom. The van der Waals surface area contributed by atoms with E-state index in [9.17, 15) is 9.90 Å². The van der Waals surface area contributed by atoms with Crippen molar-refractivity contribution >= 4 is 23.5 Å². The Morgan fingerprint density at radius 2 is 1.88 bits per heavy atom. The van der Waals surface area contributed by atoms with Gasteiger partial charge in [-0.25, -0.2) is 4.98 Å². The van der Waals surface area contributed by atoms with Gasteiger partial charge < -0.3 is 20.2 Å². The molecule has 0 bridgehead atoms. The van der Waals surface area contributed by atoms with Gasteiger partial charge in [0.2, 0.25) is 11.9 Å². The number of piperidine rings is 1. The molecule has 4 aliphatic rings. The molecule has 2 atom stereocenters. The zero-order chi connectivity index (χ0) is 23.1. The highest BCUT2D eigenvalue weighted by atomic mass is 16.3. The highest BCUT2D eigenvalue weighted by molar-refractivity contribution is 5.85. The number of anilines is 3. The number of carbonyl (C=O) groups excluding carboxylic acids is 1. The SMILES string of the molecule is O=C([C@H]1C[C@@H](O)CN1c1nc2c(c(Nc3cc(C4CCCC4)[nH]n3)n1)CCC2)N1CCCCC1. The lowest BCUT2D eigenvalue weighted by Gasteiger charge is -2.32. The lowest BCUT2D eigenvalue weighted by Crippen LogP contribution is -2.48. The fourth-order valence-corrected chi connectivity index (χ4v) is 6.21. The van der Waals surface area contributed by atoms with Crippen LogP contribution in [0, 0.1) is 0 Å². The van der Waals surface area contributed by atoms with Gasteiger partial charge in [-0.1, -0.05) is 12.8 Å². The Hall–Kier alpha value is -2.68. The number of aromatic amines is 1. The van der Waals surface area contributed by atoms with Crippen molar-refractivity contribution in [2.75, 3.05) is 29.9 Å². The zero-order valence-corrected chi connectivity index (χ0v) is 19.8. The lowest BCUT2D eigenvalue weighted by atomic mass is 10.0. The maximum absolute atomic E-state index is 13.4. The summed E-state index contributed by atoms with van der Waals surface area (Å²) < 4.78 is 0. The van der Waals surface area contributed by atoms with Gasteiger partial charge in [0.05, 0.1) is 11.8 Å². The molecule has 182 valence electrons. The second kappa shape index (κ2) is 9.17. The average Bonchev–Trinajstić information content (AvgIpc) is 3.65. The quantitative estimate of drug-likeness (QED) is 0.622. The summed E-state index contributed by atoms with van der Waals surface area (Å²) in [7, 11) is 0. The Bertz CT molecular complexity index is 1040. The van der Waals surface area contributed by atoms with Crippen LogP contribution in [0.15, 0.2) is 6.07 Å². The molecule has 2 aromatic rings. The summed E-state index contributed by atoms with van der Waals surface area (Å²) in [6.07, 6.45) is 11.1. The van der Waals surface area contributed by atoms with Crippen molar-refractivity contribution in [3.8, 4) is 0 Å². The van der Waals surface area contributed by atoms with Crippen molar-refractivity contribution in [3.05, 3.63) is 23.0 Å². The molecule has 6 rings (SSSR count). The summed E-state index contributed by atoms with van der Waals surface area (Å²) in [5, 5.41) is 21.7. The third-order valence-electron chi connectivity index (χ3n) is 8.05. The maximum atomic E-state index is 13.4. The molecule has 3 fully saturated rings. The minimum Gasteiger partial charge on any atom is -0.391 e. The molecular formula is C25H35N7O2. The molecule has 34 heavy (non-hydrogen) atoms. The van der Waals surface area contributed by atoms with Crippen LogP contribution in [0.5, 0.6) is 0 Å². The first-order valence-corrected chi connectivity index (χ1v) is 13.1. The number of likely N-dealkylation sites (tertiary alicyclic amines) is 1. The van der Waals surface area contributed by atoms with Crippen molar-refractivity contribution in [2.45, 2.75) is 88.7 Å². The number of aryl methyl sites for hydroxylation is 1. The predicted molar refractivity (Wildman–Crippen MR) is 129 cm³/mol. The molecule has 0 spiro atoms. The number of β-amino-alcohol motifs (C(OH)–C–C–N with tert-alkyl or cyclic N) is 1. The van der Waals surface area contributed by atoms with Crippen LogP contribution in [0.1, 0.15) is 80.7 Å². The summed E-state index contributed by atoms with van der Waals surface area (Å²) in [5.41, 5.74) is 3.39. The van der Waals surface area contributed by atoms with Gasteiger partial charge in [-0.15, -0.1) is 0 Å². The Morgan fingerprint density at radius 3 is 2.71 bits per heavy atom. The number of aromatic nitrogens is 4. The Labute approximate surface area is 200 Å². The average molecular weight is 466 g/mol. The molecule has 9 nitrogen and oxygen atoms in total. The molecular weight excluding hydrogens is 430 g/mol. The number of hydrogen-bond acceptors (Lipinski definition) is 7. The third kappa shape index (κ3) is 4.15. The molecule has 4 heterocycles. The molecule has 2 aliphatic heterocycles. The molecule has 0 unspecified atom stereocenters. The second-order valence-corrected chi connectivity index (χ2v) is 10.4. The van der Waals surface area contributed by atoms with Gasteiger partial charge in [0.15, 0.2) is 5.82 Å². The van der Waals surface area contributed by atoms with Gasteiger partial charge in [-0.2, -0.15) is 10.1 Å². The highest BCUT2D eigenvalue weighted by Gasteiger charge is 2.40. The number of carbonyl (C=O) groups is 1. The fraction of sp³-hybridized carbons (Fsp3) is 0.680. The number of hydrogen-bond donors (Lipinski definition) is 3. The minimum absolute atomic E-state index is 0.100. The smallest absolute Gasteiger partial charge is 0.245 e. The molecule has 1 saturated carbocycles. The Kier molecular flexibility index (Phi) is 5.89. The molecule has 9 heteroatoms. The van der Waals surface area contributed by atoms with Crippen LogP contribution < -0.4 is 10.2 Å². The van der Waals surface area contributed by atoms with E-state index in [-0.39, 0.29) is 5.91 Å². The first-order chi connectivity index (χ1) is 16.7. The number of aliphatic hydroxyl groups excluding tert-OH is 1. The van der Waals surface area contributed by atoms with Gasteiger partial charge >= 0.3 is 0 Å².